The van der Waals surface area contributed by atoms with Gasteiger partial charge in [0.05, 0.1) is 0 Å². The Labute approximate surface area is 88.5 Å². The summed E-state index contributed by atoms with van der Waals surface area (Å²) in [5.74, 6) is 0.618. The van der Waals surface area contributed by atoms with Crippen molar-refractivity contribution in [2.24, 2.45) is 5.92 Å². The lowest BCUT2D eigenvalue weighted by molar-refractivity contribution is 0.0855. The molecule has 0 bridgehead atoms. The van der Waals surface area contributed by atoms with Crippen LogP contribution < -0.4 is 0 Å². The van der Waals surface area contributed by atoms with Crippen LogP contribution in [0.4, 0.5) is 0 Å². The fourth-order valence-electron chi connectivity index (χ4n) is 2.09. The van der Waals surface area contributed by atoms with Crippen LogP contribution in [0.3, 0.4) is 0 Å². The highest BCUT2D eigenvalue weighted by molar-refractivity contribution is 5.99. The summed E-state index contributed by atoms with van der Waals surface area (Å²) in [4.78, 5) is 12.0. The van der Waals surface area contributed by atoms with Gasteiger partial charge in [0.2, 0.25) is 0 Å². The molecule has 0 atom stereocenters. The smallest absolute Gasteiger partial charge is 0.166 e. The highest BCUT2D eigenvalue weighted by Crippen LogP contribution is 2.29. The molecule has 2 heterocycles. The molecule has 0 unspecified atom stereocenters. The van der Waals surface area contributed by atoms with Gasteiger partial charge in [-0.3, -0.25) is 4.79 Å². The summed E-state index contributed by atoms with van der Waals surface area (Å²) in [6.45, 7) is 0. The van der Waals surface area contributed by atoms with E-state index in [1.54, 1.807) is 0 Å². The van der Waals surface area contributed by atoms with Gasteiger partial charge in [0.15, 0.2) is 5.78 Å². The van der Waals surface area contributed by atoms with E-state index in [-0.39, 0.29) is 0 Å². The zero-order valence-electron chi connectivity index (χ0n) is 8.52. The number of Topliss-reactive ketones (excluding diaryl/α,β-unsaturated/α-hetero) is 1. The van der Waals surface area contributed by atoms with Crippen molar-refractivity contribution in [3.63, 3.8) is 0 Å². The van der Waals surface area contributed by atoms with Crippen molar-refractivity contribution < 1.29 is 4.79 Å². The first-order valence-corrected chi connectivity index (χ1v) is 5.45. The predicted molar refractivity (Wildman–Crippen MR) is 59.1 cm³/mol. The van der Waals surface area contributed by atoms with Gasteiger partial charge in [-0.2, -0.15) is 0 Å². The quantitative estimate of drug-likeness (QED) is 0.681. The van der Waals surface area contributed by atoms with E-state index in [1.165, 1.54) is 6.42 Å². The zero-order chi connectivity index (χ0) is 10.3. The van der Waals surface area contributed by atoms with Crippen LogP contribution in [0.15, 0.2) is 36.7 Å². The van der Waals surface area contributed by atoms with E-state index < -0.39 is 0 Å². The molecular weight excluding hydrogens is 186 g/mol. The molecule has 2 aromatic rings. The van der Waals surface area contributed by atoms with Gasteiger partial charge >= 0.3 is 0 Å². The molecule has 0 spiro atoms. The molecule has 1 aliphatic carbocycles. The molecule has 76 valence electrons. The molecular formula is C13H13NO. The number of nitrogens with zero attached hydrogens (tertiary/aromatic N) is 1. The van der Waals surface area contributed by atoms with E-state index >= 15 is 0 Å². The standard InChI is InChI=1S/C13H13NO/c15-13(10-3-1-4-10)11-6-8-14-7-2-5-12(14)9-11/h2,5-10H,1,3-4H2. The third-order valence-corrected chi connectivity index (χ3v) is 3.29. The molecule has 0 radical (unpaired) electrons. The van der Waals surface area contributed by atoms with Gasteiger partial charge in [-0.15, -0.1) is 0 Å². The minimum atomic E-state index is 0.294. The fraction of sp³-hybridized carbons (Fsp3) is 0.308. The first-order valence-electron chi connectivity index (χ1n) is 5.45. The van der Waals surface area contributed by atoms with E-state index in [1.807, 2.05) is 41.1 Å². The average molecular weight is 199 g/mol. The van der Waals surface area contributed by atoms with E-state index in [2.05, 4.69) is 0 Å². The normalized spacial score (nSPS) is 16.5. The number of carbonyl (C=O) groups excluding carboxylic acids is 1. The van der Waals surface area contributed by atoms with Gasteiger partial charge < -0.3 is 4.40 Å². The summed E-state index contributed by atoms with van der Waals surface area (Å²) in [6, 6.07) is 7.93. The van der Waals surface area contributed by atoms with Gasteiger partial charge in [-0.05, 0) is 37.1 Å². The van der Waals surface area contributed by atoms with Gasteiger partial charge in [0.1, 0.15) is 0 Å². The topological polar surface area (TPSA) is 21.5 Å². The predicted octanol–water partition coefficient (Wildman–Crippen LogP) is 2.92. The zero-order valence-corrected chi connectivity index (χ0v) is 8.52. The summed E-state index contributed by atoms with van der Waals surface area (Å²) in [7, 11) is 0. The number of pyridine rings is 1. The summed E-state index contributed by atoms with van der Waals surface area (Å²) < 4.78 is 2.03. The molecule has 2 heteroatoms. The van der Waals surface area contributed by atoms with E-state index in [9.17, 15) is 4.79 Å². The number of aromatic nitrogens is 1. The second-order valence-corrected chi connectivity index (χ2v) is 4.25. The highest BCUT2D eigenvalue weighted by Gasteiger charge is 2.26. The maximum atomic E-state index is 12.0. The Morgan fingerprint density at radius 1 is 1.27 bits per heavy atom. The number of hydrogen-bond donors (Lipinski definition) is 0. The maximum absolute atomic E-state index is 12.0. The second kappa shape index (κ2) is 3.23. The maximum Gasteiger partial charge on any atom is 0.166 e. The van der Waals surface area contributed by atoms with Gasteiger partial charge in [-0.1, -0.05) is 6.42 Å². The minimum Gasteiger partial charge on any atom is -0.324 e. The van der Waals surface area contributed by atoms with E-state index in [0.717, 1.165) is 23.9 Å². The third-order valence-electron chi connectivity index (χ3n) is 3.29. The fourth-order valence-corrected chi connectivity index (χ4v) is 2.09. The summed E-state index contributed by atoms with van der Waals surface area (Å²) in [6.07, 6.45) is 7.31. The SMILES string of the molecule is O=C(c1ccn2cccc2c1)C1CCC1. The van der Waals surface area contributed by atoms with Crippen molar-refractivity contribution in [3.05, 3.63) is 42.2 Å². The Morgan fingerprint density at radius 3 is 2.87 bits per heavy atom. The molecule has 1 fully saturated rings. The van der Waals surface area contributed by atoms with Crippen LogP contribution in [0.5, 0.6) is 0 Å². The van der Waals surface area contributed by atoms with Gasteiger partial charge in [0.25, 0.3) is 0 Å². The van der Waals surface area contributed by atoms with Crippen LogP contribution >= 0.6 is 0 Å². The lowest BCUT2D eigenvalue weighted by Gasteiger charge is -2.23. The number of hydrogen-bond acceptors (Lipinski definition) is 1. The monoisotopic (exact) mass is 199 g/mol. The highest BCUT2D eigenvalue weighted by atomic mass is 16.1. The average Bonchev–Trinajstić information content (AvgIpc) is 2.61. The van der Waals surface area contributed by atoms with Gasteiger partial charge in [0, 0.05) is 29.4 Å². The molecule has 1 aliphatic rings. The molecule has 0 N–H and O–H groups in total. The Bertz CT molecular complexity index is 508. The van der Waals surface area contributed by atoms with Gasteiger partial charge in [-0.25, -0.2) is 0 Å². The van der Waals surface area contributed by atoms with Crippen LogP contribution in [-0.4, -0.2) is 10.2 Å². The van der Waals surface area contributed by atoms with E-state index in [4.69, 9.17) is 0 Å². The molecule has 15 heavy (non-hydrogen) atoms. The van der Waals surface area contributed by atoms with Crippen LogP contribution in [0.2, 0.25) is 0 Å². The van der Waals surface area contributed by atoms with Crippen LogP contribution in [-0.2, 0) is 0 Å². The molecule has 2 nitrogen and oxygen atoms in total. The lowest BCUT2D eigenvalue weighted by atomic mass is 9.80. The Hall–Kier alpha value is -1.57. The van der Waals surface area contributed by atoms with Crippen molar-refractivity contribution >= 4 is 11.3 Å². The third kappa shape index (κ3) is 1.37. The van der Waals surface area contributed by atoms with Crippen molar-refractivity contribution in [2.45, 2.75) is 19.3 Å². The molecule has 0 aromatic carbocycles. The Balaban J connectivity index is 1.99. The first kappa shape index (κ1) is 8.72. The molecule has 0 amide bonds. The summed E-state index contributed by atoms with van der Waals surface area (Å²) in [5, 5.41) is 0. The molecule has 0 saturated heterocycles. The molecule has 3 rings (SSSR count). The largest absolute Gasteiger partial charge is 0.324 e. The molecule has 1 saturated carbocycles. The van der Waals surface area contributed by atoms with Crippen molar-refractivity contribution in [1.82, 2.24) is 4.40 Å². The second-order valence-electron chi connectivity index (χ2n) is 4.25. The van der Waals surface area contributed by atoms with Crippen molar-refractivity contribution in [3.8, 4) is 0 Å². The summed E-state index contributed by atoms with van der Waals surface area (Å²) >= 11 is 0. The van der Waals surface area contributed by atoms with Crippen LogP contribution in [0.1, 0.15) is 29.6 Å². The van der Waals surface area contributed by atoms with E-state index in [0.29, 0.717) is 11.7 Å². The molecule has 0 aliphatic heterocycles. The Morgan fingerprint density at radius 2 is 2.13 bits per heavy atom. The number of carbonyl (C=O) groups is 1. The lowest BCUT2D eigenvalue weighted by Crippen LogP contribution is -2.21. The first-order chi connectivity index (χ1) is 7.34. The Kier molecular flexibility index (Phi) is 1.88. The van der Waals surface area contributed by atoms with Crippen molar-refractivity contribution in [1.29, 1.82) is 0 Å². The molecule has 2 aromatic heterocycles. The van der Waals surface area contributed by atoms with Crippen LogP contribution in [0.25, 0.3) is 5.52 Å². The minimum absolute atomic E-state index is 0.294. The van der Waals surface area contributed by atoms with Crippen molar-refractivity contribution in [2.75, 3.05) is 0 Å². The van der Waals surface area contributed by atoms with Crippen LogP contribution in [0, 0.1) is 5.92 Å². The number of ketones is 1. The number of rotatable bonds is 2. The number of fused-ring (bicyclic) bond motifs is 1. The summed E-state index contributed by atoms with van der Waals surface area (Å²) in [5.41, 5.74) is 1.96.